The number of para-hydroxylation sites is 1. The van der Waals surface area contributed by atoms with Crippen LogP contribution in [0, 0.1) is 0 Å². The Balaban J connectivity index is 1.57. The normalized spacial score (nSPS) is 22.4. The predicted octanol–water partition coefficient (Wildman–Crippen LogP) is 4.91. The molecule has 1 saturated heterocycles. The first kappa shape index (κ1) is 17.6. The van der Waals surface area contributed by atoms with Crippen LogP contribution in [-0.4, -0.2) is 28.4 Å². The van der Waals surface area contributed by atoms with Gasteiger partial charge in [0.05, 0.1) is 5.69 Å². The van der Waals surface area contributed by atoms with Crippen LogP contribution in [0.1, 0.15) is 16.8 Å². The third-order valence-corrected chi connectivity index (χ3v) is 6.61. The van der Waals surface area contributed by atoms with Crippen molar-refractivity contribution in [2.75, 3.05) is 6.54 Å². The number of carbonyl (C=O) groups is 1. The Labute approximate surface area is 179 Å². The number of ether oxygens (including phenoxy) is 1. The number of nitrogens with zero attached hydrogens (tertiary/aromatic N) is 1. The van der Waals surface area contributed by atoms with Crippen molar-refractivity contribution in [1.82, 2.24) is 9.88 Å². The van der Waals surface area contributed by atoms with Crippen molar-refractivity contribution >= 4 is 28.4 Å². The lowest BCUT2D eigenvalue weighted by Gasteiger charge is -2.58. The zero-order valence-electron chi connectivity index (χ0n) is 16.1. The van der Waals surface area contributed by atoms with Gasteiger partial charge < -0.3 is 14.6 Å². The summed E-state index contributed by atoms with van der Waals surface area (Å²) in [5.41, 5.74) is 3.79. The minimum Gasteiger partial charge on any atom is -0.477 e. The molecule has 0 bridgehead atoms. The van der Waals surface area contributed by atoms with E-state index < -0.39 is 11.6 Å². The standard InChI is InChI=1S/C25H19ClN2O2/c26-17-10-12-18(13-11-17)30-23-24(29)28-15-14-20-19-8-4-5-9-21(19)27-22(20)25(23,28)16-6-2-1-3-7-16/h1-13,23,27H,14-15H2/t23-,25+/m1/s1. The molecule has 4 aromatic rings. The molecule has 0 aliphatic carbocycles. The minimum atomic E-state index is -0.676. The minimum absolute atomic E-state index is 0.0121. The monoisotopic (exact) mass is 414 g/mol. The highest BCUT2D eigenvalue weighted by Gasteiger charge is 2.66. The molecule has 1 N–H and O–H groups in total. The first-order valence-corrected chi connectivity index (χ1v) is 10.5. The largest absolute Gasteiger partial charge is 0.477 e. The number of aromatic nitrogens is 1. The van der Waals surface area contributed by atoms with Gasteiger partial charge in [-0.1, -0.05) is 60.1 Å². The number of aromatic amines is 1. The summed E-state index contributed by atoms with van der Waals surface area (Å²) >= 11 is 6.04. The van der Waals surface area contributed by atoms with Crippen LogP contribution in [0.2, 0.25) is 5.02 Å². The predicted molar refractivity (Wildman–Crippen MR) is 117 cm³/mol. The number of rotatable bonds is 3. The number of fused-ring (bicyclic) bond motifs is 5. The van der Waals surface area contributed by atoms with Crippen molar-refractivity contribution in [3.63, 3.8) is 0 Å². The zero-order valence-corrected chi connectivity index (χ0v) is 16.9. The number of halogens is 1. The molecule has 0 spiro atoms. The van der Waals surface area contributed by atoms with Crippen LogP contribution >= 0.6 is 11.6 Å². The van der Waals surface area contributed by atoms with Crippen molar-refractivity contribution < 1.29 is 9.53 Å². The maximum atomic E-state index is 13.2. The van der Waals surface area contributed by atoms with Crippen molar-refractivity contribution in [3.8, 4) is 5.75 Å². The van der Waals surface area contributed by atoms with Crippen molar-refractivity contribution in [2.45, 2.75) is 18.1 Å². The Hall–Kier alpha value is -3.24. The number of β-lactam (4-membered cyclic amide) rings is 1. The van der Waals surface area contributed by atoms with E-state index in [0.717, 1.165) is 23.2 Å². The summed E-state index contributed by atoms with van der Waals surface area (Å²) < 4.78 is 6.33. The smallest absolute Gasteiger partial charge is 0.268 e. The molecule has 1 amide bonds. The van der Waals surface area contributed by atoms with Gasteiger partial charge in [0.15, 0.2) is 5.54 Å². The summed E-state index contributed by atoms with van der Waals surface area (Å²) in [4.78, 5) is 18.8. The summed E-state index contributed by atoms with van der Waals surface area (Å²) in [6, 6.07) is 25.7. The Morgan fingerprint density at radius 3 is 2.50 bits per heavy atom. The second-order valence-electron chi connectivity index (χ2n) is 7.85. The maximum Gasteiger partial charge on any atom is 0.268 e. The zero-order chi connectivity index (χ0) is 20.3. The molecule has 3 aromatic carbocycles. The van der Waals surface area contributed by atoms with E-state index in [0.29, 0.717) is 17.3 Å². The van der Waals surface area contributed by atoms with E-state index in [1.807, 2.05) is 41.3 Å². The Kier molecular flexibility index (Phi) is 3.74. The number of amides is 1. The van der Waals surface area contributed by atoms with E-state index in [9.17, 15) is 4.79 Å². The lowest BCUT2D eigenvalue weighted by atomic mass is 9.68. The average molecular weight is 415 g/mol. The SMILES string of the molecule is O=C1[C@@H](Oc2ccc(Cl)cc2)[C@]2(c3ccccc3)c3[nH]c4ccccc4c3CCN12. The Bertz CT molecular complexity index is 1270. The Morgan fingerprint density at radius 2 is 1.70 bits per heavy atom. The van der Waals surface area contributed by atoms with Gasteiger partial charge in [0, 0.05) is 22.5 Å². The number of hydrogen-bond donors (Lipinski definition) is 1. The van der Waals surface area contributed by atoms with Crippen molar-refractivity contribution in [2.24, 2.45) is 0 Å². The van der Waals surface area contributed by atoms with Gasteiger partial charge in [0.1, 0.15) is 5.75 Å². The Morgan fingerprint density at radius 1 is 0.967 bits per heavy atom. The number of H-pyrrole nitrogens is 1. The van der Waals surface area contributed by atoms with Gasteiger partial charge in [-0.15, -0.1) is 0 Å². The molecule has 30 heavy (non-hydrogen) atoms. The summed E-state index contributed by atoms with van der Waals surface area (Å²) in [5, 5.41) is 1.85. The van der Waals surface area contributed by atoms with Gasteiger partial charge in [0.2, 0.25) is 6.10 Å². The van der Waals surface area contributed by atoms with Crippen LogP contribution in [0.4, 0.5) is 0 Å². The second-order valence-corrected chi connectivity index (χ2v) is 8.28. The molecule has 148 valence electrons. The summed E-state index contributed by atoms with van der Waals surface area (Å²) in [5.74, 6) is 0.647. The van der Waals surface area contributed by atoms with Crippen LogP contribution in [0.25, 0.3) is 10.9 Å². The molecule has 4 nitrogen and oxygen atoms in total. The van der Waals surface area contributed by atoms with Crippen LogP contribution in [0.15, 0.2) is 78.9 Å². The molecule has 5 heteroatoms. The topological polar surface area (TPSA) is 45.3 Å². The molecular formula is C25H19ClN2O2. The van der Waals surface area contributed by atoms with Gasteiger partial charge in [0.25, 0.3) is 5.91 Å². The molecule has 2 aliphatic rings. The number of hydrogen-bond acceptors (Lipinski definition) is 2. The van der Waals surface area contributed by atoms with Crippen LogP contribution < -0.4 is 4.74 Å². The molecule has 0 unspecified atom stereocenters. The van der Waals surface area contributed by atoms with E-state index in [2.05, 4.69) is 35.3 Å². The second kappa shape index (κ2) is 6.38. The number of benzene rings is 3. The summed E-state index contributed by atoms with van der Waals surface area (Å²) in [6.07, 6.45) is 0.182. The van der Waals surface area contributed by atoms with Crippen LogP contribution in [0.5, 0.6) is 5.75 Å². The molecule has 6 rings (SSSR count). The quantitative estimate of drug-likeness (QED) is 0.484. The molecular weight excluding hydrogens is 396 g/mol. The van der Waals surface area contributed by atoms with Crippen LogP contribution in [-0.2, 0) is 16.8 Å². The highest BCUT2D eigenvalue weighted by Crippen LogP contribution is 2.53. The van der Waals surface area contributed by atoms with E-state index in [1.54, 1.807) is 12.1 Å². The summed E-state index contributed by atoms with van der Waals surface area (Å²) in [7, 11) is 0. The van der Waals surface area contributed by atoms with Gasteiger partial charge in [-0.3, -0.25) is 4.79 Å². The molecule has 0 saturated carbocycles. The third kappa shape index (κ3) is 2.25. The fraction of sp³-hybridized carbons (Fsp3) is 0.160. The van der Waals surface area contributed by atoms with E-state index in [-0.39, 0.29) is 5.91 Å². The van der Waals surface area contributed by atoms with Gasteiger partial charge in [-0.05, 0) is 47.9 Å². The molecule has 1 aromatic heterocycles. The van der Waals surface area contributed by atoms with Crippen molar-refractivity contribution in [3.05, 3.63) is 101 Å². The first-order chi connectivity index (χ1) is 14.7. The molecule has 2 aliphatic heterocycles. The molecule has 0 radical (unpaired) electrons. The average Bonchev–Trinajstić information content (AvgIpc) is 3.17. The van der Waals surface area contributed by atoms with Crippen LogP contribution in [0.3, 0.4) is 0 Å². The highest BCUT2D eigenvalue weighted by molar-refractivity contribution is 6.30. The molecule has 2 atom stereocenters. The van der Waals surface area contributed by atoms with E-state index >= 15 is 0 Å². The highest BCUT2D eigenvalue weighted by atomic mass is 35.5. The summed E-state index contributed by atoms with van der Waals surface area (Å²) in [6.45, 7) is 0.670. The number of nitrogens with one attached hydrogen (secondary N) is 1. The lowest BCUT2D eigenvalue weighted by molar-refractivity contribution is -0.178. The number of carbonyl (C=O) groups excluding carboxylic acids is 1. The molecule has 1 fully saturated rings. The fourth-order valence-electron chi connectivity index (χ4n) is 5.06. The van der Waals surface area contributed by atoms with E-state index in [1.165, 1.54) is 10.9 Å². The third-order valence-electron chi connectivity index (χ3n) is 6.36. The van der Waals surface area contributed by atoms with Gasteiger partial charge >= 0.3 is 0 Å². The molecule has 3 heterocycles. The van der Waals surface area contributed by atoms with Gasteiger partial charge in [-0.2, -0.15) is 0 Å². The maximum absolute atomic E-state index is 13.2. The lowest BCUT2D eigenvalue weighted by Crippen LogP contribution is -2.76. The fourth-order valence-corrected chi connectivity index (χ4v) is 5.19. The van der Waals surface area contributed by atoms with Gasteiger partial charge in [-0.25, -0.2) is 0 Å². The first-order valence-electron chi connectivity index (χ1n) is 10.1. The van der Waals surface area contributed by atoms with Crippen molar-refractivity contribution in [1.29, 1.82) is 0 Å². The van der Waals surface area contributed by atoms with E-state index in [4.69, 9.17) is 16.3 Å².